The lowest BCUT2D eigenvalue weighted by Gasteiger charge is -2.26. The zero-order chi connectivity index (χ0) is 42.8. The van der Waals surface area contributed by atoms with Crippen LogP contribution < -0.4 is 4.90 Å². The van der Waals surface area contributed by atoms with Crippen LogP contribution >= 0.6 is 0 Å². The number of pyridine rings is 1. The van der Waals surface area contributed by atoms with Crippen molar-refractivity contribution in [1.82, 2.24) is 9.55 Å². The minimum atomic E-state index is 0.653. The first-order valence-corrected chi connectivity index (χ1v) is 22.1. The summed E-state index contributed by atoms with van der Waals surface area (Å²) in [5.41, 5.74) is 15.2. The molecule has 0 saturated heterocycles. The van der Waals surface area contributed by atoms with Crippen molar-refractivity contribution in [2.75, 3.05) is 4.90 Å². The standard InChI is InChI=1S/C61H39N3O/c1-2-12-40(13-3-1)41-23-29-47(30-24-41)63(48-31-25-42(26-32-48)52-19-10-22-59-60(52)54-20-11-35-62-61(54)65-59)49-33-27-43(28-34-49)55-39-50(36-46-16-6-7-17-51(46)55)64-57-21-9-8-18-53(57)56-37-44-14-4-5-15-45(44)38-58(56)64/h1-39H. The summed E-state index contributed by atoms with van der Waals surface area (Å²) in [6.45, 7) is 0. The highest BCUT2D eigenvalue weighted by Crippen LogP contribution is 2.42. The van der Waals surface area contributed by atoms with E-state index in [1.165, 1.54) is 60.0 Å². The lowest BCUT2D eigenvalue weighted by molar-refractivity contribution is 0.654. The van der Waals surface area contributed by atoms with Gasteiger partial charge in [0.2, 0.25) is 5.71 Å². The first-order valence-electron chi connectivity index (χ1n) is 22.1. The molecule has 0 atom stereocenters. The Balaban J connectivity index is 0.933. The highest BCUT2D eigenvalue weighted by atomic mass is 16.3. The van der Waals surface area contributed by atoms with Crippen LogP contribution in [0.1, 0.15) is 0 Å². The molecule has 13 rings (SSSR count). The molecule has 0 saturated carbocycles. The van der Waals surface area contributed by atoms with Gasteiger partial charge in [-0.15, -0.1) is 0 Å². The maximum absolute atomic E-state index is 6.15. The quantitative estimate of drug-likeness (QED) is 0.160. The maximum Gasteiger partial charge on any atom is 0.227 e. The first-order chi connectivity index (χ1) is 32.2. The summed E-state index contributed by atoms with van der Waals surface area (Å²) in [4.78, 5) is 6.84. The minimum Gasteiger partial charge on any atom is -0.438 e. The Kier molecular flexibility index (Phi) is 8.50. The Morgan fingerprint density at radius 3 is 1.69 bits per heavy atom. The zero-order valence-corrected chi connectivity index (χ0v) is 35.3. The van der Waals surface area contributed by atoms with Gasteiger partial charge < -0.3 is 13.9 Å². The number of furan rings is 1. The number of aromatic nitrogens is 2. The summed E-state index contributed by atoms with van der Waals surface area (Å²) >= 11 is 0. The molecule has 10 aromatic carbocycles. The third-order valence-electron chi connectivity index (χ3n) is 13.0. The second-order valence-electron chi connectivity index (χ2n) is 16.8. The number of hydrogen-bond acceptors (Lipinski definition) is 3. The van der Waals surface area contributed by atoms with Crippen molar-refractivity contribution < 1.29 is 4.42 Å². The lowest BCUT2D eigenvalue weighted by atomic mass is 9.96. The molecule has 0 amide bonds. The molecule has 304 valence electrons. The SMILES string of the molecule is c1ccc(-c2ccc(N(c3ccc(-c4cc(-n5c6ccccc6c6cc7ccccc7cc65)cc5ccccc45)cc3)c3ccc(-c4cccc5oc6ncccc6c45)cc3)cc2)cc1. The predicted molar refractivity (Wildman–Crippen MR) is 272 cm³/mol. The molecule has 0 aliphatic rings. The predicted octanol–water partition coefficient (Wildman–Crippen LogP) is 16.9. The summed E-state index contributed by atoms with van der Waals surface area (Å²) < 4.78 is 8.59. The van der Waals surface area contributed by atoms with Crippen LogP contribution in [-0.2, 0) is 0 Å². The maximum atomic E-state index is 6.15. The fourth-order valence-electron chi connectivity index (χ4n) is 9.96. The molecule has 3 heterocycles. The van der Waals surface area contributed by atoms with Gasteiger partial charge in [0.15, 0.2) is 0 Å². The van der Waals surface area contributed by atoms with Crippen LogP contribution in [0.15, 0.2) is 241 Å². The molecule has 0 fully saturated rings. The molecule has 0 bridgehead atoms. The van der Waals surface area contributed by atoms with E-state index in [-0.39, 0.29) is 0 Å². The van der Waals surface area contributed by atoms with Gasteiger partial charge in [-0.3, -0.25) is 0 Å². The number of rotatable bonds is 7. The van der Waals surface area contributed by atoms with Crippen molar-refractivity contribution in [2.24, 2.45) is 0 Å². The number of para-hydroxylation sites is 1. The van der Waals surface area contributed by atoms with Gasteiger partial charge in [0.25, 0.3) is 0 Å². The van der Waals surface area contributed by atoms with Crippen molar-refractivity contribution in [2.45, 2.75) is 0 Å². The summed E-state index contributed by atoms with van der Waals surface area (Å²) in [5, 5.41) is 9.50. The second-order valence-corrected chi connectivity index (χ2v) is 16.8. The highest BCUT2D eigenvalue weighted by molar-refractivity contribution is 6.14. The van der Waals surface area contributed by atoms with E-state index < -0.39 is 0 Å². The van der Waals surface area contributed by atoms with E-state index in [0.717, 1.165) is 55.8 Å². The molecule has 0 unspecified atom stereocenters. The van der Waals surface area contributed by atoms with Gasteiger partial charge in [0.05, 0.1) is 11.0 Å². The van der Waals surface area contributed by atoms with Gasteiger partial charge in [-0.25, -0.2) is 4.98 Å². The number of hydrogen-bond donors (Lipinski definition) is 0. The molecule has 3 aromatic heterocycles. The van der Waals surface area contributed by atoms with E-state index in [9.17, 15) is 0 Å². The van der Waals surface area contributed by atoms with Gasteiger partial charge in [-0.05, 0) is 140 Å². The van der Waals surface area contributed by atoms with Crippen molar-refractivity contribution >= 4 is 82.5 Å². The van der Waals surface area contributed by atoms with E-state index in [2.05, 4.69) is 233 Å². The number of fused-ring (bicyclic) bond motifs is 8. The third kappa shape index (κ3) is 6.18. The van der Waals surface area contributed by atoms with Crippen LogP contribution in [-0.4, -0.2) is 9.55 Å². The summed E-state index contributed by atoms with van der Waals surface area (Å²) in [6, 6.07) is 83.3. The largest absolute Gasteiger partial charge is 0.438 e. The van der Waals surface area contributed by atoms with Crippen molar-refractivity contribution in [3.8, 4) is 39.1 Å². The molecule has 13 aromatic rings. The molecule has 65 heavy (non-hydrogen) atoms. The minimum absolute atomic E-state index is 0.653. The zero-order valence-electron chi connectivity index (χ0n) is 35.3. The number of benzene rings is 10. The first kappa shape index (κ1) is 36.9. The van der Waals surface area contributed by atoms with Crippen molar-refractivity contribution in [1.29, 1.82) is 0 Å². The molecule has 0 aliphatic heterocycles. The van der Waals surface area contributed by atoms with Crippen LogP contribution in [0.4, 0.5) is 17.1 Å². The molecule has 0 aliphatic carbocycles. The Morgan fingerprint density at radius 2 is 0.954 bits per heavy atom. The van der Waals surface area contributed by atoms with Gasteiger partial charge in [-0.1, -0.05) is 146 Å². The Hall–Kier alpha value is -8.73. The van der Waals surface area contributed by atoms with Crippen LogP contribution in [0.2, 0.25) is 0 Å². The Labute approximate surface area is 375 Å². The molecule has 0 radical (unpaired) electrons. The fraction of sp³-hybridized carbons (Fsp3) is 0. The lowest BCUT2D eigenvalue weighted by Crippen LogP contribution is -2.09. The summed E-state index contributed by atoms with van der Waals surface area (Å²) in [7, 11) is 0. The van der Waals surface area contributed by atoms with Crippen LogP contribution in [0.3, 0.4) is 0 Å². The van der Waals surface area contributed by atoms with Gasteiger partial charge in [0.1, 0.15) is 5.58 Å². The second kappa shape index (κ2) is 15.0. The smallest absolute Gasteiger partial charge is 0.227 e. The van der Waals surface area contributed by atoms with E-state index in [1.807, 2.05) is 12.1 Å². The molecular formula is C61H39N3O. The number of anilines is 3. The topological polar surface area (TPSA) is 34.2 Å². The number of nitrogens with zero attached hydrogens (tertiary/aromatic N) is 3. The van der Waals surface area contributed by atoms with Gasteiger partial charge in [-0.2, -0.15) is 0 Å². The van der Waals surface area contributed by atoms with E-state index >= 15 is 0 Å². The molecule has 0 spiro atoms. The fourth-order valence-corrected chi connectivity index (χ4v) is 9.96. The summed E-state index contributed by atoms with van der Waals surface area (Å²) in [5.74, 6) is 0. The van der Waals surface area contributed by atoms with E-state index in [0.29, 0.717) is 5.71 Å². The molecule has 4 nitrogen and oxygen atoms in total. The van der Waals surface area contributed by atoms with Crippen molar-refractivity contribution in [3.63, 3.8) is 0 Å². The van der Waals surface area contributed by atoms with Crippen LogP contribution in [0.25, 0.3) is 104 Å². The third-order valence-corrected chi connectivity index (χ3v) is 13.0. The van der Waals surface area contributed by atoms with Crippen LogP contribution in [0, 0.1) is 0 Å². The Morgan fingerprint density at radius 1 is 0.369 bits per heavy atom. The normalized spacial score (nSPS) is 11.7. The van der Waals surface area contributed by atoms with Crippen molar-refractivity contribution in [3.05, 3.63) is 237 Å². The molecule has 4 heteroatoms. The van der Waals surface area contributed by atoms with Gasteiger partial charge >= 0.3 is 0 Å². The van der Waals surface area contributed by atoms with E-state index in [1.54, 1.807) is 6.20 Å². The average Bonchev–Trinajstić information content (AvgIpc) is 3.92. The monoisotopic (exact) mass is 829 g/mol. The van der Waals surface area contributed by atoms with Gasteiger partial charge in [0, 0.05) is 50.5 Å². The van der Waals surface area contributed by atoms with Crippen LogP contribution in [0.5, 0.6) is 0 Å². The summed E-state index contributed by atoms with van der Waals surface area (Å²) in [6.07, 6.45) is 1.78. The molecular weight excluding hydrogens is 791 g/mol. The highest BCUT2D eigenvalue weighted by Gasteiger charge is 2.19. The van der Waals surface area contributed by atoms with E-state index in [4.69, 9.17) is 4.42 Å². The average molecular weight is 830 g/mol. The Bertz CT molecular complexity index is 3920. The molecule has 0 N–H and O–H groups in total.